The summed E-state index contributed by atoms with van der Waals surface area (Å²) >= 11 is 0. The second-order valence-corrected chi connectivity index (χ2v) is 4.88. The van der Waals surface area contributed by atoms with Gasteiger partial charge in [0.05, 0.1) is 19.1 Å². The van der Waals surface area contributed by atoms with E-state index in [1.165, 1.54) is 7.11 Å². The van der Waals surface area contributed by atoms with Gasteiger partial charge in [-0.2, -0.15) is 0 Å². The lowest BCUT2D eigenvalue weighted by atomic mass is 9.98. The highest BCUT2D eigenvalue weighted by molar-refractivity contribution is 5.78. The minimum absolute atomic E-state index is 0.149. The number of hydrogen-bond donors (Lipinski definition) is 2. The molecule has 0 spiro atoms. The zero-order valence-electron chi connectivity index (χ0n) is 11.8. The van der Waals surface area contributed by atoms with Crippen LogP contribution in [0.2, 0.25) is 0 Å². The Hall–Kier alpha value is -1.39. The molecule has 3 atom stereocenters. The summed E-state index contributed by atoms with van der Waals surface area (Å²) in [6.45, 7) is 4.25. The monoisotopic (exact) mass is 265 g/mol. The molecule has 19 heavy (non-hydrogen) atoms. The van der Waals surface area contributed by atoms with Crippen LogP contribution in [0.5, 0.6) is 0 Å². The summed E-state index contributed by atoms with van der Waals surface area (Å²) in [6, 6.07) is 9.72. The Morgan fingerprint density at radius 1 is 1.32 bits per heavy atom. The Morgan fingerprint density at radius 3 is 2.47 bits per heavy atom. The number of carbonyl (C=O) groups excluding carboxylic acids is 1. The Morgan fingerprint density at radius 2 is 1.95 bits per heavy atom. The zero-order valence-corrected chi connectivity index (χ0v) is 11.8. The highest BCUT2D eigenvalue weighted by atomic mass is 16.5. The lowest BCUT2D eigenvalue weighted by Crippen LogP contribution is -2.35. The highest BCUT2D eigenvalue weighted by Crippen LogP contribution is 2.16. The van der Waals surface area contributed by atoms with Crippen LogP contribution in [-0.4, -0.2) is 36.9 Å². The van der Waals surface area contributed by atoms with Gasteiger partial charge < -0.3 is 15.2 Å². The largest absolute Gasteiger partial charge is 0.469 e. The van der Waals surface area contributed by atoms with Crippen LogP contribution in [0.3, 0.4) is 0 Å². The minimum Gasteiger partial charge on any atom is -0.469 e. The standard InChI is InChI=1S/C15H23NO3/c1-11(9-12(2)17)16-10-14(15(18)19-3)13-7-5-4-6-8-13/h4-8,11-12,14,16-17H,9-10H2,1-3H3. The third-order valence-corrected chi connectivity index (χ3v) is 3.05. The molecule has 0 radical (unpaired) electrons. The van der Waals surface area contributed by atoms with Crippen molar-refractivity contribution in [2.24, 2.45) is 0 Å². The van der Waals surface area contributed by atoms with E-state index in [9.17, 15) is 9.90 Å². The van der Waals surface area contributed by atoms with Crippen LogP contribution in [0.25, 0.3) is 0 Å². The van der Waals surface area contributed by atoms with Crippen molar-refractivity contribution in [1.29, 1.82) is 0 Å². The Balaban J connectivity index is 2.64. The van der Waals surface area contributed by atoms with E-state index in [0.717, 1.165) is 5.56 Å². The van der Waals surface area contributed by atoms with Crippen molar-refractivity contribution in [1.82, 2.24) is 5.32 Å². The van der Waals surface area contributed by atoms with Gasteiger partial charge >= 0.3 is 5.97 Å². The molecular formula is C15H23NO3. The van der Waals surface area contributed by atoms with Crippen molar-refractivity contribution in [2.45, 2.75) is 38.3 Å². The lowest BCUT2D eigenvalue weighted by Gasteiger charge is -2.20. The number of carbonyl (C=O) groups is 1. The van der Waals surface area contributed by atoms with Gasteiger partial charge in [0.25, 0.3) is 0 Å². The number of ether oxygens (including phenoxy) is 1. The van der Waals surface area contributed by atoms with Crippen molar-refractivity contribution in [3.63, 3.8) is 0 Å². The normalized spacial score (nSPS) is 15.6. The minimum atomic E-state index is -0.351. The fraction of sp³-hybridized carbons (Fsp3) is 0.533. The number of methoxy groups -OCH3 is 1. The SMILES string of the molecule is COC(=O)C(CNC(C)CC(C)O)c1ccccc1. The average molecular weight is 265 g/mol. The summed E-state index contributed by atoms with van der Waals surface area (Å²) < 4.78 is 4.85. The maximum atomic E-state index is 11.8. The molecule has 4 heteroatoms. The molecule has 0 aliphatic carbocycles. The molecule has 2 N–H and O–H groups in total. The predicted molar refractivity (Wildman–Crippen MR) is 75.0 cm³/mol. The predicted octanol–water partition coefficient (Wildman–Crippen LogP) is 1.69. The number of nitrogens with one attached hydrogen (secondary N) is 1. The summed E-state index contributed by atoms with van der Waals surface area (Å²) in [7, 11) is 1.40. The van der Waals surface area contributed by atoms with Crippen molar-refractivity contribution in [3.8, 4) is 0 Å². The fourth-order valence-corrected chi connectivity index (χ4v) is 2.08. The first-order valence-corrected chi connectivity index (χ1v) is 6.58. The van der Waals surface area contributed by atoms with E-state index in [2.05, 4.69) is 5.32 Å². The van der Waals surface area contributed by atoms with Gasteiger partial charge in [0, 0.05) is 12.6 Å². The van der Waals surface area contributed by atoms with Crippen LogP contribution in [0.4, 0.5) is 0 Å². The maximum absolute atomic E-state index is 11.8. The highest BCUT2D eigenvalue weighted by Gasteiger charge is 2.21. The number of hydrogen-bond acceptors (Lipinski definition) is 4. The molecule has 3 unspecified atom stereocenters. The second kappa shape index (κ2) is 7.92. The molecule has 0 heterocycles. The molecule has 0 bridgehead atoms. The van der Waals surface area contributed by atoms with Crippen LogP contribution >= 0.6 is 0 Å². The molecule has 0 aliphatic heterocycles. The first-order valence-electron chi connectivity index (χ1n) is 6.58. The van der Waals surface area contributed by atoms with Crippen LogP contribution in [0.15, 0.2) is 30.3 Å². The van der Waals surface area contributed by atoms with E-state index in [4.69, 9.17) is 4.74 Å². The van der Waals surface area contributed by atoms with Gasteiger partial charge in [0.2, 0.25) is 0 Å². The lowest BCUT2D eigenvalue weighted by molar-refractivity contribution is -0.142. The fourth-order valence-electron chi connectivity index (χ4n) is 2.08. The van der Waals surface area contributed by atoms with E-state index >= 15 is 0 Å². The van der Waals surface area contributed by atoms with Gasteiger partial charge in [-0.15, -0.1) is 0 Å². The summed E-state index contributed by atoms with van der Waals surface area (Å²) in [6.07, 6.45) is 0.304. The van der Waals surface area contributed by atoms with Gasteiger partial charge in [0.1, 0.15) is 0 Å². The third-order valence-electron chi connectivity index (χ3n) is 3.05. The van der Waals surface area contributed by atoms with E-state index in [-0.39, 0.29) is 24.0 Å². The quantitative estimate of drug-likeness (QED) is 0.737. The number of benzene rings is 1. The van der Waals surface area contributed by atoms with Crippen LogP contribution < -0.4 is 5.32 Å². The van der Waals surface area contributed by atoms with E-state index in [1.54, 1.807) is 6.92 Å². The molecule has 0 fully saturated rings. The Labute approximate surface area is 114 Å². The zero-order chi connectivity index (χ0) is 14.3. The number of aliphatic hydroxyl groups excluding tert-OH is 1. The van der Waals surface area contributed by atoms with E-state index in [1.807, 2.05) is 37.3 Å². The number of aliphatic hydroxyl groups is 1. The molecule has 1 aromatic carbocycles. The summed E-state index contributed by atoms with van der Waals surface area (Å²) in [5, 5.41) is 12.6. The molecule has 4 nitrogen and oxygen atoms in total. The first kappa shape index (κ1) is 15.7. The van der Waals surface area contributed by atoms with Gasteiger partial charge in [-0.25, -0.2) is 0 Å². The average Bonchev–Trinajstić information content (AvgIpc) is 2.39. The third kappa shape index (κ3) is 5.41. The smallest absolute Gasteiger partial charge is 0.314 e. The van der Waals surface area contributed by atoms with Gasteiger partial charge in [0.15, 0.2) is 0 Å². The molecular weight excluding hydrogens is 242 g/mol. The van der Waals surface area contributed by atoms with E-state index in [0.29, 0.717) is 13.0 Å². The molecule has 0 saturated carbocycles. The van der Waals surface area contributed by atoms with Crippen LogP contribution in [0.1, 0.15) is 31.7 Å². The van der Waals surface area contributed by atoms with Crippen molar-refractivity contribution >= 4 is 5.97 Å². The molecule has 1 rings (SSSR count). The van der Waals surface area contributed by atoms with Crippen molar-refractivity contribution in [3.05, 3.63) is 35.9 Å². The molecule has 0 amide bonds. The molecule has 106 valence electrons. The Bertz CT molecular complexity index is 378. The van der Waals surface area contributed by atoms with Crippen LogP contribution in [-0.2, 0) is 9.53 Å². The van der Waals surface area contributed by atoms with E-state index < -0.39 is 0 Å². The Kier molecular flexibility index (Phi) is 6.53. The number of esters is 1. The van der Waals surface area contributed by atoms with Gasteiger partial charge in [-0.3, -0.25) is 4.79 Å². The van der Waals surface area contributed by atoms with Crippen LogP contribution in [0, 0.1) is 0 Å². The molecule has 0 saturated heterocycles. The second-order valence-electron chi connectivity index (χ2n) is 4.88. The molecule has 1 aromatic rings. The summed E-state index contributed by atoms with van der Waals surface area (Å²) in [5.74, 6) is -0.564. The molecule has 0 aliphatic rings. The first-order chi connectivity index (χ1) is 9.04. The van der Waals surface area contributed by atoms with Gasteiger partial charge in [-0.1, -0.05) is 30.3 Å². The van der Waals surface area contributed by atoms with Gasteiger partial charge in [-0.05, 0) is 25.8 Å². The summed E-state index contributed by atoms with van der Waals surface area (Å²) in [4.78, 5) is 11.8. The van der Waals surface area contributed by atoms with Crippen molar-refractivity contribution in [2.75, 3.05) is 13.7 Å². The van der Waals surface area contributed by atoms with Crippen molar-refractivity contribution < 1.29 is 14.6 Å². The number of rotatable bonds is 7. The topological polar surface area (TPSA) is 58.6 Å². The molecule has 0 aromatic heterocycles. The maximum Gasteiger partial charge on any atom is 0.314 e. The summed E-state index contributed by atoms with van der Waals surface area (Å²) in [5.41, 5.74) is 0.936.